The van der Waals surface area contributed by atoms with Crippen LogP contribution in [0.25, 0.3) is 5.69 Å². The van der Waals surface area contributed by atoms with Crippen LogP contribution in [0, 0.1) is 5.82 Å². The number of hydrogen-bond donors (Lipinski definition) is 0. The molecule has 8 heteroatoms. The molecule has 1 fully saturated rings. The zero-order valence-corrected chi connectivity index (χ0v) is 19.6. The van der Waals surface area contributed by atoms with Crippen LogP contribution in [-0.4, -0.2) is 43.6 Å². The Hall–Kier alpha value is -2.48. The van der Waals surface area contributed by atoms with E-state index in [1.165, 1.54) is 12.1 Å². The highest BCUT2D eigenvalue weighted by atomic mass is 19.1. The largest absolute Gasteiger partial charge is 0.444 e. The number of fused-ring (bicyclic) bond motifs is 3. The van der Waals surface area contributed by atoms with E-state index in [-0.39, 0.29) is 37.0 Å². The summed E-state index contributed by atoms with van der Waals surface area (Å²) >= 11 is 0. The third-order valence-corrected chi connectivity index (χ3v) is 5.89. The van der Waals surface area contributed by atoms with E-state index in [4.69, 9.17) is 9.47 Å². The van der Waals surface area contributed by atoms with E-state index in [1.54, 1.807) is 11.0 Å². The van der Waals surface area contributed by atoms with Crippen LogP contribution in [0.1, 0.15) is 83.4 Å². The van der Waals surface area contributed by atoms with Crippen LogP contribution >= 0.6 is 0 Å². The first kappa shape index (κ1) is 22.7. The standard InChI is InChI=1S/C24H33FN4O3/c1-15(2)31-19-9-6-16(7-10-19)22-27-26-21-14-28(23(30)32-24(3,4)5)13-17-12-18(25)8-11-20(17)29(21)22/h8,11-12,15-16,19H,6-7,9-10,13-14H2,1-5H3. The predicted octanol–water partition coefficient (Wildman–Crippen LogP) is 5.11. The van der Waals surface area contributed by atoms with Gasteiger partial charge in [-0.25, -0.2) is 9.18 Å². The molecule has 32 heavy (non-hydrogen) atoms. The van der Waals surface area contributed by atoms with Gasteiger partial charge in [-0.3, -0.25) is 9.47 Å². The third-order valence-electron chi connectivity index (χ3n) is 5.89. The van der Waals surface area contributed by atoms with Crippen LogP contribution in [0.4, 0.5) is 9.18 Å². The van der Waals surface area contributed by atoms with Gasteiger partial charge in [-0.2, -0.15) is 0 Å². The van der Waals surface area contributed by atoms with Crippen molar-refractivity contribution in [3.63, 3.8) is 0 Å². The number of carbonyl (C=O) groups is 1. The number of halogens is 1. The topological polar surface area (TPSA) is 69.5 Å². The maximum atomic E-state index is 14.1. The van der Waals surface area contributed by atoms with Gasteiger partial charge in [0.15, 0.2) is 5.82 Å². The molecule has 0 unspecified atom stereocenters. The first-order valence-electron chi connectivity index (χ1n) is 11.5. The summed E-state index contributed by atoms with van der Waals surface area (Å²) in [6, 6.07) is 4.69. The summed E-state index contributed by atoms with van der Waals surface area (Å²) in [6.07, 6.45) is 3.93. The number of aromatic nitrogens is 3. The van der Waals surface area contributed by atoms with E-state index < -0.39 is 11.7 Å². The Labute approximate surface area is 188 Å². The van der Waals surface area contributed by atoms with Gasteiger partial charge in [-0.05, 0) is 84.1 Å². The second-order valence-corrected chi connectivity index (χ2v) is 10.1. The molecule has 0 spiro atoms. The highest BCUT2D eigenvalue weighted by molar-refractivity contribution is 5.68. The van der Waals surface area contributed by atoms with Crippen molar-refractivity contribution >= 4 is 6.09 Å². The molecule has 1 aliphatic heterocycles. The van der Waals surface area contributed by atoms with Gasteiger partial charge in [0.25, 0.3) is 0 Å². The van der Waals surface area contributed by atoms with Crippen LogP contribution in [0.2, 0.25) is 0 Å². The molecule has 0 N–H and O–H groups in total. The molecule has 0 atom stereocenters. The lowest BCUT2D eigenvalue weighted by Crippen LogP contribution is -2.35. The summed E-state index contributed by atoms with van der Waals surface area (Å²) in [5, 5.41) is 8.99. The van der Waals surface area contributed by atoms with Crippen LogP contribution in [0.15, 0.2) is 18.2 Å². The van der Waals surface area contributed by atoms with Crippen molar-refractivity contribution in [2.45, 2.75) is 97.1 Å². The normalized spacial score (nSPS) is 21.2. The van der Waals surface area contributed by atoms with Gasteiger partial charge in [0.2, 0.25) is 0 Å². The van der Waals surface area contributed by atoms with Gasteiger partial charge in [0.05, 0.1) is 31.0 Å². The summed E-state index contributed by atoms with van der Waals surface area (Å²) in [4.78, 5) is 14.4. The number of nitrogens with zero attached hydrogens (tertiary/aromatic N) is 4. The average molecular weight is 445 g/mol. The zero-order valence-electron chi connectivity index (χ0n) is 19.6. The Bertz CT molecular complexity index is 974. The molecular formula is C24H33FN4O3. The Morgan fingerprint density at radius 3 is 2.50 bits per heavy atom. The van der Waals surface area contributed by atoms with Crippen LogP contribution in [-0.2, 0) is 22.6 Å². The minimum Gasteiger partial charge on any atom is -0.444 e. The SMILES string of the molecule is CC(C)OC1CCC(c2nnc3n2-c2ccc(F)cc2CN(C(=O)OC(C)(C)C)C3)CC1. The molecule has 0 radical (unpaired) electrons. The highest BCUT2D eigenvalue weighted by Gasteiger charge is 2.33. The van der Waals surface area contributed by atoms with Crippen LogP contribution in [0.3, 0.4) is 0 Å². The molecule has 2 aliphatic rings. The summed E-state index contributed by atoms with van der Waals surface area (Å²) in [6.45, 7) is 10.1. The van der Waals surface area contributed by atoms with Crippen molar-refractivity contribution in [1.29, 1.82) is 0 Å². The van der Waals surface area contributed by atoms with Gasteiger partial charge in [0, 0.05) is 5.92 Å². The molecule has 1 saturated carbocycles. The molecule has 0 bridgehead atoms. The lowest BCUT2D eigenvalue weighted by atomic mass is 9.86. The molecule has 1 aliphatic carbocycles. The molecule has 0 saturated heterocycles. The molecule has 4 rings (SSSR count). The van der Waals surface area contributed by atoms with Gasteiger partial charge in [-0.15, -0.1) is 10.2 Å². The predicted molar refractivity (Wildman–Crippen MR) is 118 cm³/mol. The molecular weight excluding hydrogens is 411 g/mol. The lowest BCUT2D eigenvalue weighted by molar-refractivity contribution is -0.0151. The van der Waals surface area contributed by atoms with E-state index in [0.717, 1.165) is 37.2 Å². The van der Waals surface area contributed by atoms with E-state index in [1.807, 2.05) is 25.3 Å². The summed E-state index contributed by atoms with van der Waals surface area (Å²) in [7, 11) is 0. The Morgan fingerprint density at radius 2 is 1.84 bits per heavy atom. The van der Waals surface area contributed by atoms with E-state index in [2.05, 4.69) is 24.0 Å². The first-order chi connectivity index (χ1) is 15.1. The lowest BCUT2D eigenvalue weighted by Gasteiger charge is -2.29. The summed E-state index contributed by atoms with van der Waals surface area (Å²) < 4.78 is 27.7. The number of carbonyl (C=O) groups excluding carboxylic acids is 1. The van der Waals surface area contributed by atoms with Gasteiger partial charge >= 0.3 is 6.09 Å². The quantitative estimate of drug-likeness (QED) is 0.658. The zero-order chi connectivity index (χ0) is 23.0. The van der Waals surface area contributed by atoms with Crippen LogP contribution in [0.5, 0.6) is 0 Å². The number of hydrogen-bond acceptors (Lipinski definition) is 5. The van der Waals surface area contributed by atoms with E-state index in [9.17, 15) is 9.18 Å². The van der Waals surface area contributed by atoms with Crippen molar-refractivity contribution in [2.75, 3.05) is 0 Å². The van der Waals surface area contributed by atoms with Crippen molar-refractivity contribution in [3.05, 3.63) is 41.2 Å². The molecule has 2 heterocycles. The Morgan fingerprint density at radius 1 is 1.12 bits per heavy atom. The van der Waals surface area contributed by atoms with Gasteiger partial charge in [0.1, 0.15) is 17.2 Å². The fraction of sp³-hybridized carbons (Fsp3) is 0.625. The summed E-state index contributed by atoms with van der Waals surface area (Å²) in [5.74, 6) is 1.45. The minimum absolute atomic E-state index is 0.224. The molecule has 1 aromatic carbocycles. The molecule has 1 aromatic heterocycles. The number of ether oxygens (including phenoxy) is 2. The molecule has 2 aromatic rings. The molecule has 7 nitrogen and oxygen atoms in total. The smallest absolute Gasteiger partial charge is 0.411 e. The fourth-order valence-corrected chi connectivity index (χ4v) is 4.59. The minimum atomic E-state index is -0.621. The second kappa shape index (κ2) is 8.81. The summed E-state index contributed by atoms with van der Waals surface area (Å²) in [5.41, 5.74) is 0.921. The highest BCUT2D eigenvalue weighted by Crippen LogP contribution is 2.36. The van der Waals surface area contributed by atoms with Crippen LogP contribution < -0.4 is 0 Å². The maximum absolute atomic E-state index is 14.1. The van der Waals surface area contributed by atoms with Crippen molar-refractivity contribution in [2.24, 2.45) is 0 Å². The number of amides is 1. The Kier molecular flexibility index (Phi) is 6.25. The van der Waals surface area contributed by atoms with E-state index >= 15 is 0 Å². The molecule has 1 amide bonds. The third kappa shape index (κ3) is 4.95. The number of rotatable bonds is 3. The second-order valence-electron chi connectivity index (χ2n) is 10.1. The molecule has 174 valence electrons. The Balaban J connectivity index is 1.65. The number of benzene rings is 1. The fourth-order valence-electron chi connectivity index (χ4n) is 4.59. The monoisotopic (exact) mass is 444 g/mol. The van der Waals surface area contributed by atoms with Gasteiger partial charge < -0.3 is 9.47 Å². The van der Waals surface area contributed by atoms with Crippen molar-refractivity contribution in [3.8, 4) is 5.69 Å². The van der Waals surface area contributed by atoms with Gasteiger partial charge in [-0.1, -0.05) is 0 Å². The first-order valence-corrected chi connectivity index (χ1v) is 11.5. The average Bonchev–Trinajstić information content (AvgIpc) is 3.02. The van der Waals surface area contributed by atoms with E-state index in [0.29, 0.717) is 11.4 Å². The maximum Gasteiger partial charge on any atom is 0.411 e. The van der Waals surface area contributed by atoms with Crippen molar-refractivity contribution in [1.82, 2.24) is 19.7 Å². The van der Waals surface area contributed by atoms with Crippen molar-refractivity contribution < 1.29 is 18.7 Å².